The third-order valence-corrected chi connectivity index (χ3v) is 22.8. The molecule has 0 aliphatic carbocycles. The van der Waals surface area contributed by atoms with E-state index in [1.165, 1.54) is 0 Å². The van der Waals surface area contributed by atoms with Gasteiger partial charge in [0.2, 0.25) is 0 Å². The molecule has 0 N–H and O–H groups in total. The third kappa shape index (κ3) is 29.5. The molecule has 0 spiro atoms. The maximum Gasteiger partial charge on any atom is 2.00 e. The van der Waals surface area contributed by atoms with E-state index in [1.54, 1.807) is 0 Å². The van der Waals surface area contributed by atoms with Crippen molar-refractivity contribution in [2.75, 3.05) is 0 Å². The fourth-order valence-corrected chi connectivity index (χ4v) is 18.0. The van der Waals surface area contributed by atoms with Crippen molar-refractivity contribution in [3.63, 3.8) is 0 Å². The van der Waals surface area contributed by atoms with Crippen LogP contribution in [0.5, 0.6) is 0 Å². The van der Waals surface area contributed by atoms with Gasteiger partial charge >= 0.3 is 230 Å². The third-order valence-electron chi connectivity index (χ3n) is 1.32. The van der Waals surface area contributed by atoms with Gasteiger partial charge in [-0.15, -0.1) is 0 Å². The molecule has 0 aromatic rings. The Morgan fingerprint density at radius 1 is 0.375 bits per heavy atom. The Kier molecular flexibility index (Phi) is 50.2. The van der Waals surface area contributed by atoms with Gasteiger partial charge in [-0.1, -0.05) is 0 Å². The largest absolute Gasteiger partial charge is 2.00 e. The minimum atomic E-state index is 0. The van der Waals surface area contributed by atoms with Crippen molar-refractivity contribution in [3.05, 3.63) is 38.9 Å². The van der Waals surface area contributed by atoms with Gasteiger partial charge < -0.3 is 24.8 Å². The normalized spacial score (nSPS) is 21.3. The van der Waals surface area contributed by atoms with Crippen molar-refractivity contribution >= 4 is 139 Å². The molecule has 0 bridgehead atoms. The molecule has 0 aromatic heterocycles. The summed E-state index contributed by atoms with van der Waals surface area (Å²) in [6.07, 6.45) is 0. The summed E-state index contributed by atoms with van der Waals surface area (Å²) in [4.78, 5) is 18.1. The second kappa shape index (κ2) is 32.9. The molecule has 0 saturated heterocycles. The summed E-state index contributed by atoms with van der Waals surface area (Å²) in [5.41, 5.74) is 0. The van der Waals surface area contributed by atoms with Crippen LogP contribution in [0.3, 0.4) is 0 Å². The van der Waals surface area contributed by atoms with Crippen molar-refractivity contribution in [1.82, 2.24) is 0 Å². The van der Waals surface area contributed by atoms with E-state index in [0.717, 1.165) is 0 Å². The zero-order chi connectivity index (χ0) is 14.1. The molecule has 0 nitrogen and oxygen atoms in total. The standard InChI is InChI=1S/4C3H2As2.2ClH.2Zr/c4*1-2-5-3-4-1;;;;/h4*1-2H;2*1H;;/q4*-1;;;2*+2/p-2. The van der Waals surface area contributed by atoms with E-state index < -0.39 is 0 Å². The van der Waals surface area contributed by atoms with E-state index in [9.17, 15) is 0 Å². The number of hydrogen-bond donors (Lipinski definition) is 0. The molecule has 4 aliphatic heterocycles. The summed E-state index contributed by atoms with van der Waals surface area (Å²) in [7, 11) is 0. The molecule has 0 amide bonds. The Bertz CT molecular complexity index is 359. The van der Waals surface area contributed by atoms with E-state index in [-0.39, 0.29) is 77.2 Å². The summed E-state index contributed by atoms with van der Waals surface area (Å²) in [6, 6.07) is 0. The van der Waals surface area contributed by atoms with E-state index in [4.69, 9.17) is 0 Å². The van der Waals surface area contributed by atoms with Crippen LogP contribution in [0, 0.1) is 0 Å². The van der Waals surface area contributed by atoms with Crippen molar-refractivity contribution in [2.45, 2.75) is 0 Å². The van der Waals surface area contributed by atoms with E-state index in [2.05, 4.69) is 53.3 Å². The van der Waals surface area contributed by atoms with Crippen LogP contribution in [-0.4, -0.2) is 139 Å². The van der Waals surface area contributed by atoms with Crippen molar-refractivity contribution in [1.29, 1.82) is 0 Å². The fraction of sp³-hybridized carbons (Fsp3) is 0. The van der Waals surface area contributed by atoms with Crippen LogP contribution in [0.1, 0.15) is 0 Å². The molecule has 4 radical (unpaired) electrons. The molecule has 120 valence electrons. The SMILES string of the molecule is [C-]1=[As]C=C[As]1.[C-]1=[As]C=C[As]1.[C-]1=[As]C=C[As]1.[C-]1=[As]C=C[As]1.[Cl-].[Cl-].[Zr+2].[Zr+2]. The van der Waals surface area contributed by atoms with Gasteiger partial charge in [0.05, 0.1) is 0 Å². The Labute approximate surface area is 249 Å². The van der Waals surface area contributed by atoms with Gasteiger partial charge in [-0.25, -0.2) is 0 Å². The van der Waals surface area contributed by atoms with Crippen molar-refractivity contribution in [2.24, 2.45) is 0 Å². The molecule has 24 heavy (non-hydrogen) atoms. The zero-order valence-corrected chi connectivity index (χ0v) is 33.4. The molecule has 0 atom stereocenters. The Morgan fingerprint density at radius 3 is 0.625 bits per heavy atom. The summed E-state index contributed by atoms with van der Waals surface area (Å²) >= 11 is 3.72. The summed E-state index contributed by atoms with van der Waals surface area (Å²) in [5.74, 6) is 0. The Hall–Kier alpha value is 5.25. The predicted octanol–water partition coefficient (Wildman–Crippen LogP) is -7.93. The molecule has 0 aromatic carbocycles. The fourth-order valence-electron chi connectivity index (χ4n) is 0.667. The van der Waals surface area contributed by atoms with Gasteiger partial charge in [0.25, 0.3) is 0 Å². The first-order valence-electron chi connectivity index (χ1n) is 5.19. The first kappa shape index (κ1) is 36.6. The minimum Gasteiger partial charge on any atom is -1.00 e. The van der Waals surface area contributed by atoms with Crippen LogP contribution in [0.15, 0.2) is 38.9 Å². The van der Waals surface area contributed by atoms with Gasteiger partial charge in [-0.3, -0.25) is 0 Å². The summed E-state index contributed by atoms with van der Waals surface area (Å²) in [6.45, 7) is 0. The van der Waals surface area contributed by atoms with Crippen LogP contribution in [0.25, 0.3) is 0 Å². The van der Waals surface area contributed by atoms with Crippen molar-refractivity contribution in [3.8, 4) is 0 Å². The molecule has 4 rings (SSSR count). The number of hydrogen-bond acceptors (Lipinski definition) is 0. The van der Waals surface area contributed by atoms with Crippen LogP contribution < -0.4 is 24.8 Å². The molecular formula is C12H8As8Cl2Zr2-2. The number of rotatable bonds is 0. The first-order chi connectivity index (χ1) is 10.0. The van der Waals surface area contributed by atoms with Crippen LogP contribution >= 0.6 is 0 Å². The van der Waals surface area contributed by atoms with Crippen LogP contribution in [0.4, 0.5) is 0 Å². The molecule has 0 fully saturated rings. The van der Waals surface area contributed by atoms with E-state index in [1.807, 2.05) is 0 Å². The second-order valence-corrected chi connectivity index (χ2v) is 22.4. The molecule has 0 saturated carbocycles. The van der Waals surface area contributed by atoms with Gasteiger partial charge in [-0.05, 0) is 0 Å². The maximum atomic E-state index is 3.30. The Morgan fingerprint density at radius 2 is 0.583 bits per heavy atom. The summed E-state index contributed by atoms with van der Waals surface area (Å²) in [5, 5.41) is 0. The monoisotopic (exact) mass is 1000 g/mol. The Balaban J connectivity index is -0.000000105. The average Bonchev–Trinajstić information content (AvgIpc) is 3.40. The number of halogens is 2. The zero-order valence-electron chi connectivity index (χ0n) is 12.0. The molecule has 12 heteroatoms. The quantitative estimate of drug-likeness (QED) is 0.168. The molecule has 0 unspecified atom stereocenters. The average molecular weight is 1000 g/mol. The topological polar surface area (TPSA) is 0 Å². The first-order valence-corrected chi connectivity index (χ1v) is 21.4. The second-order valence-electron chi connectivity index (χ2n) is 2.63. The van der Waals surface area contributed by atoms with Crippen molar-refractivity contribution < 1.29 is 77.2 Å². The van der Waals surface area contributed by atoms with Gasteiger partial charge in [0.15, 0.2) is 0 Å². The molecule has 4 heterocycles. The van der Waals surface area contributed by atoms with Crippen LogP contribution in [0.2, 0.25) is 0 Å². The van der Waals surface area contributed by atoms with Gasteiger partial charge in [0.1, 0.15) is 0 Å². The minimum absolute atomic E-state index is 0. The van der Waals surface area contributed by atoms with Crippen LogP contribution in [-0.2, 0) is 52.4 Å². The van der Waals surface area contributed by atoms with E-state index >= 15 is 0 Å². The van der Waals surface area contributed by atoms with Gasteiger partial charge in [-0.2, -0.15) is 0 Å². The summed E-state index contributed by atoms with van der Waals surface area (Å²) < 4.78 is 13.2. The molecule has 4 aliphatic rings. The van der Waals surface area contributed by atoms with E-state index in [0.29, 0.717) is 124 Å². The molecular weight excluding hydrogens is 997 g/mol. The maximum absolute atomic E-state index is 3.30. The predicted molar refractivity (Wildman–Crippen MR) is 103 cm³/mol. The van der Waals surface area contributed by atoms with Gasteiger partial charge in [0, 0.05) is 0 Å². The smallest absolute Gasteiger partial charge is 1.00 e.